The van der Waals surface area contributed by atoms with Gasteiger partial charge in [0, 0.05) is 6.07 Å². The van der Waals surface area contributed by atoms with Crippen molar-refractivity contribution in [1.82, 2.24) is 0 Å². The van der Waals surface area contributed by atoms with E-state index in [9.17, 15) is 14.5 Å². The summed E-state index contributed by atoms with van der Waals surface area (Å²) in [4.78, 5) is 9.83. The van der Waals surface area contributed by atoms with Crippen molar-refractivity contribution in [3.05, 3.63) is 39.2 Å². The minimum atomic E-state index is -0.631. The molecule has 0 saturated carbocycles. The molecule has 1 rings (SSSR count). The summed E-state index contributed by atoms with van der Waals surface area (Å²) < 4.78 is 13.1. The van der Waals surface area contributed by atoms with Gasteiger partial charge in [-0.05, 0) is 18.6 Å². The summed E-state index contributed by atoms with van der Waals surface area (Å²) in [5, 5.41) is 10.5. The van der Waals surface area contributed by atoms with E-state index >= 15 is 0 Å². The average Bonchev–Trinajstić information content (AvgIpc) is 2.02. The molecule has 0 aliphatic carbocycles. The van der Waals surface area contributed by atoms with Gasteiger partial charge in [-0.25, -0.2) is 4.39 Å². The first-order valence-corrected chi connectivity index (χ1v) is 4.09. The van der Waals surface area contributed by atoms with Crippen molar-refractivity contribution in [3.8, 4) is 0 Å². The van der Waals surface area contributed by atoms with Crippen LogP contribution in [-0.4, -0.2) is 4.92 Å². The predicted octanol–water partition coefficient (Wildman–Crippen LogP) is 2.78. The molecule has 13 heavy (non-hydrogen) atoms. The molecule has 0 amide bonds. The van der Waals surface area contributed by atoms with Gasteiger partial charge in [-0.2, -0.15) is 0 Å². The lowest BCUT2D eigenvalue weighted by molar-refractivity contribution is -0.385. The second-order valence-electron chi connectivity index (χ2n) is 2.64. The second kappa shape index (κ2) is 3.70. The molecule has 0 unspecified atom stereocenters. The Bertz CT molecular complexity index is 354. The summed E-state index contributed by atoms with van der Waals surface area (Å²) in [7, 11) is 0. The third-order valence-electron chi connectivity index (χ3n) is 1.65. The van der Waals surface area contributed by atoms with Crippen molar-refractivity contribution in [2.45, 2.75) is 12.8 Å². The van der Waals surface area contributed by atoms with Crippen LogP contribution in [0.3, 0.4) is 0 Å². The van der Waals surface area contributed by atoms with E-state index in [1.54, 1.807) is 6.92 Å². The Hall–Kier alpha value is -1.16. The first-order valence-electron chi connectivity index (χ1n) is 3.55. The van der Waals surface area contributed by atoms with Crippen molar-refractivity contribution >= 4 is 17.3 Å². The number of nitrogens with zero attached hydrogens (tertiary/aromatic N) is 1. The maximum atomic E-state index is 13.1. The number of hydrogen-bond acceptors (Lipinski definition) is 2. The molecule has 0 aliphatic rings. The first kappa shape index (κ1) is 9.92. The van der Waals surface area contributed by atoms with Crippen LogP contribution in [0, 0.1) is 22.9 Å². The summed E-state index contributed by atoms with van der Waals surface area (Å²) in [6.45, 7) is 1.59. The van der Waals surface area contributed by atoms with Crippen molar-refractivity contribution in [2.24, 2.45) is 0 Å². The van der Waals surface area contributed by atoms with Crippen LogP contribution < -0.4 is 0 Å². The Balaban J connectivity index is 3.38. The van der Waals surface area contributed by atoms with Gasteiger partial charge in [0.2, 0.25) is 0 Å². The summed E-state index contributed by atoms with van der Waals surface area (Å²) in [5.74, 6) is -0.815. The van der Waals surface area contributed by atoms with Crippen molar-refractivity contribution < 1.29 is 9.31 Å². The van der Waals surface area contributed by atoms with Crippen molar-refractivity contribution in [2.75, 3.05) is 0 Å². The molecule has 0 saturated heterocycles. The van der Waals surface area contributed by atoms with Crippen LogP contribution in [0.15, 0.2) is 12.1 Å². The van der Waals surface area contributed by atoms with Gasteiger partial charge in [0.1, 0.15) is 5.82 Å². The molecule has 3 nitrogen and oxygen atoms in total. The fraction of sp³-hybridized carbons (Fsp3) is 0.250. The summed E-state index contributed by atoms with van der Waals surface area (Å²) in [6.07, 6.45) is 0. The Morgan fingerprint density at radius 3 is 2.69 bits per heavy atom. The van der Waals surface area contributed by atoms with E-state index in [1.165, 1.54) is 12.1 Å². The van der Waals surface area contributed by atoms with E-state index in [1.807, 2.05) is 0 Å². The molecular formula is C8H7ClFNO2. The first-order chi connectivity index (χ1) is 6.06. The van der Waals surface area contributed by atoms with Gasteiger partial charge in [0.25, 0.3) is 5.69 Å². The monoisotopic (exact) mass is 203 g/mol. The molecule has 1 aromatic carbocycles. The van der Waals surface area contributed by atoms with Crippen LogP contribution in [-0.2, 0) is 5.88 Å². The van der Waals surface area contributed by atoms with Crippen LogP contribution in [0.1, 0.15) is 11.1 Å². The second-order valence-corrected chi connectivity index (χ2v) is 2.90. The maximum Gasteiger partial charge on any atom is 0.277 e. The minimum Gasteiger partial charge on any atom is -0.258 e. The Kier molecular flexibility index (Phi) is 2.83. The SMILES string of the molecule is Cc1cc(F)c(CCl)c([N+](=O)[O-])c1. The normalized spacial score (nSPS) is 10.1. The number of rotatable bonds is 2. The van der Waals surface area contributed by atoms with Crippen LogP contribution >= 0.6 is 11.6 Å². The van der Waals surface area contributed by atoms with E-state index in [4.69, 9.17) is 11.6 Å². The summed E-state index contributed by atoms with van der Waals surface area (Å²) in [5.41, 5.74) is 0.197. The number of alkyl halides is 1. The smallest absolute Gasteiger partial charge is 0.258 e. The Labute approximate surface area is 79.3 Å². The number of nitro groups is 1. The molecule has 0 spiro atoms. The fourth-order valence-corrected chi connectivity index (χ4v) is 1.31. The molecule has 0 heterocycles. The number of halogens is 2. The molecule has 5 heteroatoms. The topological polar surface area (TPSA) is 43.1 Å². The molecule has 1 aromatic rings. The van der Waals surface area contributed by atoms with Crippen molar-refractivity contribution in [3.63, 3.8) is 0 Å². The zero-order valence-electron chi connectivity index (χ0n) is 6.88. The van der Waals surface area contributed by atoms with Crippen molar-refractivity contribution in [1.29, 1.82) is 0 Å². The number of hydrogen-bond donors (Lipinski definition) is 0. The molecule has 0 aliphatic heterocycles. The number of benzene rings is 1. The van der Waals surface area contributed by atoms with Crippen LogP contribution in [0.2, 0.25) is 0 Å². The number of nitro benzene ring substituents is 1. The van der Waals surface area contributed by atoms with E-state index in [0.29, 0.717) is 5.56 Å². The molecule has 70 valence electrons. The Morgan fingerprint density at radius 1 is 1.62 bits per heavy atom. The van der Waals surface area contributed by atoms with Gasteiger partial charge < -0.3 is 0 Å². The summed E-state index contributed by atoms with van der Waals surface area (Å²) in [6, 6.07) is 2.53. The van der Waals surface area contributed by atoms with E-state index in [-0.39, 0.29) is 17.1 Å². The Morgan fingerprint density at radius 2 is 2.23 bits per heavy atom. The highest BCUT2D eigenvalue weighted by Crippen LogP contribution is 2.24. The highest BCUT2D eigenvalue weighted by atomic mass is 35.5. The van der Waals surface area contributed by atoms with Crippen LogP contribution in [0.25, 0.3) is 0 Å². The zero-order chi connectivity index (χ0) is 10.0. The average molecular weight is 204 g/mol. The molecule has 0 radical (unpaired) electrons. The molecular weight excluding hydrogens is 197 g/mol. The number of aryl methyl sites for hydroxylation is 1. The van der Waals surface area contributed by atoms with Crippen LogP contribution in [0.5, 0.6) is 0 Å². The van der Waals surface area contributed by atoms with Gasteiger partial charge in [0.15, 0.2) is 0 Å². The van der Waals surface area contributed by atoms with Gasteiger partial charge in [-0.15, -0.1) is 11.6 Å². The molecule has 0 N–H and O–H groups in total. The van der Waals surface area contributed by atoms with E-state index in [2.05, 4.69) is 0 Å². The summed E-state index contributed by atoms with van der Waals surface area (Å²) >= 11 is 5.39. The lowest BCUT2D eigenvalue weighted by Crippen LogP contribution is -1.97. The predicted molar refractivity (Wildman–Crippen MR) is 47.3 cm³/mol. The largest absolute Gasteiger partial charge is 0.277 e. The lowest BCUT2D eigenvalue weighted by atomic mass is 10.1. The highest BCUT2D eigenvalue weighted by Gasteiger charge is 2.17. The standard InChI is InChI=1S/C8H7ClFNO2/c1-5-2-7(10)6(4-9)8(3-5)11(12)13/h2-3H,4H2,1H3. The van der Waals surface area contributed by atoms with E-state index < -0.39 is 10.7 Å². The minimum absolute atomic E-state index is 0.0581. The molecule has 0 bridgehead atoms. The highest BCUT2D eigenvalue weighted by molar-refractivity contribution is 6.17. The third-order valence-corrected chi connectivity index (χ3v) is 1.91. The van der Waals surface area contributed by atoms with Gasteiger partial charge in [-0.3, -0.25) is 10.1 Å². The third kappa shape index (κ3) is 1.95. The zero-order valence-corrected chi connectivity index (χ0v) is 7.64. The molecule has 0 aromatic heterocycles. The van der Waals surface area contributed by atoms with Gasteiger partial charge >= 0.3 is 0 Å². The molecule has 0 fully saturated rings. The maximum absolute atomic E-state index is 13.1. The molecule has 0 atom stereocenters. The van der Waals surface area contributed by atoms with Gasteiger partial charge in [0.05, 0.1) is 16.4 Å². The quantitative estimate of drug-likeness (QED) is 0.421. The van der Waals surface area contributed by atoms with E-state index in [0.717, 1.165) is 0 Å². The van der Waals surface area contributed by atoms with Gasteiger partial charge in [-0.1, -0.05) is 0 Å². The lowest BCUT2D eigenvalue weighted by Gasteiger charge is -2.01. The van der Waals surface area contributed by atoms with Crippen LogP contribution in [0.4, 0.5) is 10.1 Å². The fourth-order valence-electron chi connectivity index (χ4n) is 1.05.